The molecule has 0 aliphatic heterocycles. The minimum Gasteiger partial charge on any atom is -0.265 e. The zero-order valence-corrected chi connectivity index (χ0v) is 13.9. The molecule has 0 saturated heterocycles. The number of aryl methyl sites for hydroxylation is 1. The van der Waals surface area contributed by atoms with E-state index in [1.807, 2.05) is 4.68 Å². The maximum atomic E-state index is 13.4. The van der Waals surface area contributed by atoms with E-state index in [-0.39, 0.29) is 5.82 Å². The highest BCUT2D eigenvalue weighted by atomic mass is 79.9. The number of hydrogen-bond acceptors (Lipinski definition) is 1. The molecule has 2 nitrogen and oxygen atoms in total. The quantitative estimate of drug-likeness (QED) is 0.708. The van der Waals surface area contributed by atoms with E-state index in [1.54, 1.807) is 6.07 Å². The molecule has 5 heteroatoms. The standard InChI is InChI=1S/C15H17BrClFN2/c1-3-14-12(8-17)15(4-2)20(19-14)9-10-7-11(18)5-6-13(10)16/h5-7H,3-4,8-9H2,1-2H3. The summed E-state index contributed by atoms with van der Waals surface area (Å²) in [6.45, 7) is 4.70. The van der Waals surface area contributed by atoms with Crippen molar-refractivity contribution >= 4 is 27.5 Å². The molecule has 0 saturated carbocycles. The molecule has 0 N–H and O–H groups in total. The van der Waals surface area contributed by atoms with Crippen molar-refractivity contribution in [1.29, 1.82) is 0 Å². The molecule has 2 aromatic rings. The monoisotopic (exact) mass is 358 g/mol. The molecule has 0 bridgehead atoms. The van der Waals surface area contributed by atoms with E-state index in [9.17, 15) is 4.39 Å². The first-order valence-electron chi connectivity index (χ1n) is 6.68. The second-order valence-electron chi connectivity index (χ2n) is 4.61. The normalized spacial score (nSPS) is 11.1. The summed E-state index contributed by atoms with van der Waals surface area (Å²) in [4.78, 5) is 0. The van der Waals surface area contributed by atoms with Crippen LogP contribution in [0.1, 0.15) is 36.4 Å². The summed E-state index contributed by atoms with van der Waals surface area (Å²) in [6.07, 6.45) is 1.72. The first kappa shape index (κ1) is 15.5. The van der Waals surface area contributed by atoms with Crippen LogP contribution in [0.3, 0.4) is 0 Å². The van der Waals surface area contributed by atoms with Crippen LogP contribution in [0, 0.1) is 5.82 Å². The van der Waals surface area contributed by atoms with Gasteiger partial charge >= 0.3 is 0 Å². The molecule has 0 radical (unpaired) electrons. The fraction of sp³-hybridized carbons (Fsp3) is 0.400. The van der Waals surface area contributed by atoms with Gasteiger partial charge in [-0.1, -0.05) is 29.8 Å². The number of nitrogens with zero attached hydrogens (tertiary/aromatic N) is 2. The Morgan fingerprint density at radius 1 is 1.30 bits per heavy atom. The van der Waals surface area contributed by atoms with Crippen molar-refractivity contribution < 1.29 is 4.39 Å². The van der Waals surface area contributed by atoms with Crippen LogP contribution in [0.25, 0.3) is 0 Å². The van der Waals surface area contributed by atoms with Crippen LogP contribution >= 0.6 is 27.5 Å². The Bertz CT molecular complexity index is 610. The van der Waals surface area contributed by atoms with Crippen LogP contribution < -0.4 is 0 Å². The highest BCUT2D eigenvalue weighted by Crippen LogP contribution is 2.23. The lowest BCUT2D eigenvalue weighted by Crippen LogP contribution is -2.07. The van der Waals surface area contributed by atoms with Gasteiger partial charge in [-0.2, -0.15) is 5.10 Å². The molecule has 0 amide bonds. The molecular weight excluding hydrogens is 343 g/mol. The number of rotatable bonds is 5. The van der Waals surface area contributed by atoms with Gasteiger partial charge in [0.15, 0.2) is 0 Å². The Morgan fingerprint density at radius 3 is 2.65 bits per heavy atom. The van der Waals surface area contributed by atoms with Crippen molar-refractivity contribution in [2.75, 3.05) is 0 Å². The van der Waals surface area contributed by atoms with E-state index in [1.165, 1.54) is 12.1 Å². The van der Waals surface area contributed by atoms with Gasteiger partial charge in [0.2, 0.25) is 0 Å². The Balaban J connectivity index is 2.42. The lowest BCUT2D eigenvalue weighted by molar-refractivity contribution is 0.610. The van der Waals surface area contributed by atoms with E-state index in [0.29, 0.717) is 12.4 Å². The Labute approximate surface area is 132 Å². The molecule has 0 aliphatic rings. The van der Waals surface area contributed by atoms with Crippen LogP contribution in [-0.4, -0.2) is 9.78 Å². The highest BCUT2D eigenvalue weighted by Gasteiger charge is 2.15. The minimum absolute atomic E-state index is 0.235. The summed E-state index contributed by atoms with van der Waals surface area (Å²) in [6, 6.07) is 4.71. The third-order valence-corrected chi connectivity index (χ3v) is 4.42. The lowest BCUT2D eigenvalue weighted by atomic mass is 10.1. The molecule has 1 aromatic heterocycles. The van der Waals surface area contributed by atoms with Crippen LogP contribution in [0.2, 0.25) is 0 Å². The average molecular weight is 360 g/mol. The van der Waals surface area contributed by atoms with Crippen molar-refractivity contribution in [2.45, 2.75) is 39.1 Å². The molecule has 0 spiro atoms. The van der Waals surface area contributed by atoms with E-state index in [4.69, 9.17) is 11.6 Å². The topological polar surface area (TPSA) is 17.8 Å². The van der Waals surface area contributed by atoms with Crippen molar-refractivity contribution in [3.05, 3.63) is 51.0 Å². The summed E-state index contributed by atoms with van der Waals surface area (Å²) in [7, 11) is 0. The van der Waals surface area contributed by atoms with Gasteiger partial charge in [0.05, 0.1) is 18.1 Å². The lowest BCUT2D eigenvalue weighted by Gasteiger charge is -2.09. The minimum atomic E-state index is -0.235. The first-order valence-corrected chi connectivity index (χ1v) is 8.00. The molecule has 0 aliphatic carbocycles. The maximum absolute atomic E-state index is 13.4. The van der Waals surface area contributed by atoms with E-state index in [0.717, 1.165) is 39.8 Å². The van der Waals surface area contributed by atoms with E-state index >= 15 is 0 Å². The summed E-state index contributed by atoms with van der Waals surface area (Å²) < 4.78 is 16.2. The summed E-state index contributed by atoms with van der Waals surface area (Å²) in [5.41, 5.74) is 4.16. The zero-order chi connectivity index (χ0) is 14.7. The van der Waals surface area contributed by atoms with Crippen molar-refractivity contribution in [1.82, 2.24) is 9.78 Å². The van der Waals surface area contributed by atoms with Crippen LogP contribution in [-0.2, 0) is 25.3 Å². The number of hydrogen-bond donors (Lipinski definition) is 0. The highest BCUT2D eigenvalue weighted by molar-refractivity contribution is 9.10. The summed E-state index contributed by atoms with van der Waals surface area (Å²) in [5.74, 6) is 0.234. The smallest absolute Gasteiger partial charge is 0.123 e. The van der Waals surface area contributed by atoms with Gasteiger partial charge in [-0.05, 0) is 36.6 Å². The second-order valence-corrected chi connectivity index (χ2v) is 5.73. The first-order chi connectivity index (χ1) is 9.60. The second kappa shape index (κ2) is 6.72. The predicted octanol–water partition coefficient (Wildman–Crippen LogP) is 4.70. The van der Waals surface area contributed by atoms with E-state index in [2.05, 4.69) is 34.9 Å². The molecule has 0 unspecified atom stereocenters. The molecular formula is C15H17BrClFN2. The fourth-order valence-electron chi connectivity index (χ4n) is 2.38. The van der Waals surface area contributed by atoms with Crippen LogP contribution in [0.5, 0.6) is 0 Å². The molecule has 1 aromatic carbocycles. The SMILES string of the molecule is CCc1nn(Cc2cc(F)ccc2Br)c(CC)c1CCl. The molecule has 20 heavy (non-hydrogen) atoms. The van der Waals surface area contributed by atoms with Gasteiger partial charge in [-0.3, -0.25) is 4.68 Å². The number of aromatic nitrogens is 2. The molecule has 2 rings (SSSR count). The number of halogens is 3. The van der Waals surface area contributed by atoms with Crippen molar-refractivity contribution in [3.63, 3.8) is 0 Å². The molecule has 108 valence electrons. The molecule has 1 heterocycles. The maximum Gasteiger partial charge on any atom is 0.123 e. The van der Waals surface area contributed by atoms with Gasteiger partial charge in [-0.25, -0.2) is 4.39 Å². The number of benzene rings is 1. The third kappa shape index (κ3) is 3.07. The molecule has 0 fully saturated rings. The zero-order valence-electron chi connectivity index (χ0n) is 11.6. The number of alkyl halides is 1. The fourth-order valence-corrected chi connectivity index (χ4v) is 3.06. The van der Waals surface area contributed by atoms with E-state index < -0.39 is 0 Å². The van der Waals surface area contributed by atoms with Gasteiger partial charge in [0.25, 0.3) is 0 Å². The van der Waals surface area contributed by atoms with Crippen molar-refractivity contribution in [2.24, 2.45) is 0 Å². The Morgan fingerprint density at radius 2 is 2.05 bits per heavy atom. The Hall–Kier alpha value is -0.870. The van der Waals surface area contributed by atoms with Crippen LogP contribution in [0.15, 0.2) is 22.7 Å². The van der Waals surface area contributed by atoms with Gasteiger partial charge < -0.3 is 0 Å². The van der Waals surface area contributed by atoms with Gasteiger partial charge in [0.1, 0.15) is 5.82 Å². The third-order valence-electron chi connectivity index (χ3n) is 3.38. The largest absolute Gasteiger partial charge is 0.265 e. The average Bonchev–Trinajstić information content (AvgIpc) is 2.79. The van der Waals surface area contributed by atoms with Gasteiger partial charge in [-0.15, -0.1) is 11.6 Å². The summed E-state index contributed by atoms with van der Waals surface area (Å²) >= 11 is 9.51. The van der Waals surface area contributed by atoms with Crippen LogP contribution in [0.4, 0.5) is 4.39 Å². The Kier molecular flexibility index (Phi) is 5.22. The van der Waals surface area contributed by atoms with Gasteiger partial charge in [0, 0.05) is 15.7 Å². The predicted molar refractivity (Wildman–Crippen MR) is 83.7 cm³/mol. The van der Waals surface area contributed by atoms with Crippen molar-refractivity contribution in [3.8, 4) is 0 Å². The summed E-state index contributed by atoms with van der Waals surface area (Å²) in [5, 5.41) is 4.63. The molecule has 0 atom stereocenters.